The quantitative estimate of drug-likeness (QED) is 0.857. The maximum Gasteiger partial charge on any atom is 0.291 e. The monoisotopic (exact) mass is 289 g/mol. The summed E-state index contributed by atoms with van der Waals surface area (Å²) in [6.45, 7) is 4.20. The van der Waals surface area contributed by atoms with Crippen LogP contribution in [0.1, 0.15) is 35.7 Å². The molecule has 0 radical (unpaired) electrons. The van der Waals surface area contributed by atoms with E-state index in [9.17, 15) is 9.90 Å². The molecule has 21 heavy (non-hydrogen) atoms. The molecule has 2 rings (SSSR count). The molecule has 5 nitrogen and oxygen atoms in total. The highest BCUT2D eigenvalue weighted by atomic mass is 16.5. The molecule has 1 amide bonds. The minimum Gasteiger partial charge on any atom is -0.494 e. The van der Waals surface area contributed by atoms with Crippen LogP contribution in [0.2, 0.25) is 0 Å². The van der Waals surface area contributed by atoms with E-state index in [1.54, 1.807) is 30.3 Å². The highest BCUT2D eigenvalue weighted by Crippen LogP contribution is 2.23. The Hall–Kier alpha value is -2.27. The number of benzene rings is 1. The van der Waals surface area contributed by atoms with E-state index < -0.39 is 0 Å². The van der Waals surface area contributed by atoms with E-state index in [-0.39, 0.29) is 18.3 Å². The van der Waals surface area contributed by atoms with Gasteiger partial charge in [0.25, 0.3) is 5.91 Å². The van der Waals surface area contributed by atoms with Gasteiger partial charge in [0.2, 0.25) is 0 Å². The zero-order chi connectivity index (χ0) is 15.2. The molecule has 2 aromatic rings. The van der Waals surface area contributed by atoms with Crippen LogP contribution in [0.4, 0.5) is 5.69 Å². The van der Waals surface area contributed by atoms with E-state index in [0.717, 1.165) is 12.2 Å². The van der Waals surface area contributed by atoms with Gasteiger partial charge in [-0.3, -0.25) is 4.79 Å². The molecular weight excluding hydrogens is 270 g/mol. The standard InChI is InChI=1S/C16H19NO4/c1-3-13-6-8-15(21-13)16(19)17-12-5-7-14(20-4-2)11(9-12)10-18/h5-9,18H,3-4,10H2,1-2H3,(H,17,19). The average molecular weight is 289 g/mol. The first kappa shape index (κ1) is 15.1. The van der Waals surface area contributed by atoms with E-state index in [4.69, 9.17) is 9.15 Å². The highest BCUT2D eigenvalue weighted by Gasteiger charge is 2.12. The lowest BCUT2D eigenvalue weighted by molar-refractivity contribution is 0.0995. The molecule has 0 atom stereocenters. The van der Waals surface area contributed by atoms with Crippen LogP contribution in [0.3, 0.4) is 0 Å². The number of hydrogen-bond acceptors (Lipinski definition) is 4. The van der Waals surface area contributed by atoms with Crippen molar-refractivity contribution in [2.75, 3.05) is 11.9 Å². The summed E-state index contributed by atoms with van der Waals surface area (Å²) in [7, 11) is 0. The van der Waals surface area contributed by atoms with E-state index in [1.165, 1.54) is 0 Å². The lowest BCUT2D eigenvalue weighted by Gasteiger charge is -2.10. The van der Waals surface area contributed by atoms with Crippen molar-refractivity contribution >= 4 is 11.6 Å². The van der Waals surface area contributed by atoms with Crippen LogP contribution < -0.4 is 10.1 Å². The summed E-state index contributed by atoms with van der Waals surface area (Å²) in [5.41, 5.74) is 1.21. The fraction of sp³-hybridized carbons (Fsp3) is 0.312. The van der Waals surface area contributed by atoms with Crippen molar-refractivity contribution in [3.05, 3.63) is 47.4 Å². The first-order valence-corrected chi connectivity index (χ1v) is 6.94. The van der Waals surface area contributed by atoms with Gasteiger partial charge in [-0.15, -0.1) is 0 Å². The number of furan rings is 1. The minimum absolute atomic E-state index is 0.153. The predicted molar refractivity (Wildman–Crippen MR) is 79.6 cm³/mol. The summed E-state index contributed by atoms with van der Waals surface area (Å²) in [4.78, 5) is 12.1. The molecule has 2 N–H and O–H groups in total. The number of ether oxygens (including phenoxy) is 1. The Labute approximate surface area is 123 Å². The molecule has 0 saturated carbocycles. The van der Waals surface area contributed by atoms with Crippen LogP contribution in [-0.2, 0) is 13.0 Å². The number of aliphatic hydroxyl groups is 1. The summed E-state index contributed by atoms with van der Waals surface area (Å²) < 4.78 is 10.8. The number of hydrogen-bond donors (Lipinski definition) is 2. The van der Waals surface area contributed by atoms with Crippen LogP contribution >= 0.6 is 0 Å². The van der Waals surface area contributed by atoms with E-state index >= 15 is 0 Å². The van der Waals surface area contributed by atoms with Gasteiger partial charge in [-0.25, -0.2) is 0 Å². The number of aliphatic hydroxyl groups excluding tert-OH is 1. The third kappa shape index (κ3) is 3.64. The number of nitrogens with one attached hydrogen (secondary N) is 1. The number of carbonyl (C=O) groups excluding carboxylic acids is 1. The number of carbonyl (C=O) groups is 1. The summed E-state index contributed by atoms with van der Waals surface area (Å²) in [5.74, 6) is 1.33. The molecule has 5 heteroatoms. The van der Waals surface area contributed by atoms with Gasteiger partial charge in [0, 0.05) is 17.7 Å². The average Bonchev–Trinajstić information content (AvgIpc) is 2.98. The van der Waals surface area contributed by atoms with Crippen LogP contribution in [0, 0.1) is 0 Å². The third-order valence-corrected chi connectivity index (χ3v) is 3.02. The van der Waals surface area contributed by atoms with Crippen molar-refractivity contribution in [3.63, 3.8) is 0 Å². The lowest BCUT2D eigenvalue weighted by atomic mass is 10.2. The van der Waals surface area contributed by atoms with E-state index in [1.807, 2.05) is 13.8 Å². The normalized spacial score (nSPS) is 10.4. The molecule has 0 aliphatic heterocycles. The molecule has 0 aliphatic carbocycles. The third-order valence-electron chi connectivity index (χ3n) is 3.02. The SMILES string of the molecule is CCOc1ccc(NC(=O)c2ccc(CC)o2)cc1CO. The Morgan fingerprint density at radius 2 is 2.10 bits per heavy atom. The number of rotatable bonds is 6. The molecule has 1 aromatic carbocycles. The maximum absolute atomic E-state index is 12.1. The van der Waals surface area contributed by atoms with Crippen molar-refractivity contribution in [1.82, 2.24) is 0 Å². The molecule has 0 spiro atoms. The number of amides is 1. The molecule has 0 fully saturated rings. The van der Waals surface area contributed by atoms with Gasteiger partial charge >= 0.3 is 0 Å². The largest absolute Gasteiger partial charge is 0.494 e. The second-order valence-electron chi connectivity index (χ2n) is 4.49. The Morgan fingerprint density at radius 3 is 2.71 bits per heavy atom. The Kier molecular flexibility index (Phi) is 5.00. The first-order chi connectivity index (χ1) is 10.2. The van der Waals surface area contributed by atoms with Gasteiger partial charge < -0.3 is 19.6 Å². The van der Waals surface area contributed by atoms with Crippen molar-refractivity contribution in [3.8, 4) is 5.75 Å². The van der Waals surface area contributed by atoms with Gasteiger partial charge in [-0.05, 0) is 37.3 Å². The highest BCUT2D eigenvalue weighted by molar-refractivity contribution is 6.02. The molecule has 0 aliphatic rings. The predicted octanol–water partition coefficient (Wildman–Crippen LogP) is 2.99. The van der Waals surface area contributed by atoms with E-state index in [2.05, 4.69) is 5.32 Å². The Balaban J connectivity index is 2.13. The minimum atomic E-state index is -0.317. The van der Waals surface area contributed by atoms with Gasteiger partial charge in [-0.2, -0.15) is 0 Å². The van der Waals surface area contributed by atoms with Crippen molar-refractivity contribution in [2.45, 2.75) is 26.9 Å². The summed E-state index contributed by atoms with van der Waals surface area (Å²) in [5, 5.41) is 12.1. The van der Waals surface area contributed by atoms with Crippen LogP contribution in [-0.4, -0.2) is 17.6 Å². The van der Waals surface area contributed by atoms with Crippen molar-refractivity contribution in [1.29, 1.82) is 0 Å². The first-order valence-electron chi connectivity index (χ1n) is 6.94. The fourth-order valence-electron chi connectivity index (χ4n) is 1.96. The smallest absolute Gasteiger partial charge is 0.291 e. The fourth-order valence-corrected chi connectivity index (χ4v) is 1.96. The zero-order valence-electron chi connectivity index (χ0n) is 12.2. The summed E-state index contributed by atoms with van der Waals surface area (Å²) >= 11 is 0. The molecular formula is C16H19NO4. The Bertz CT molecular complexity index is 618. The van der Waals surface area contributed by atoms with Crippen LogP contribution in [0.25, 0.3) is 0 Å². The number of aryl methyl sites for hydroxylation is 1. The molecule has 112 valence electrons. The van der Waals surface area contributed by atoms with Crippen LogP contribution in [0.15, 0.2) is 34.7 Å². The molecule has 0 saturated heterocycles. The molecule has 1 aromatic heterocycles. The van der Waals surface area contributed by atoms with Crippen molar-refractivity contribution < 1.29 is 19.1 Å². The number of anilines is 1. The second-order valence-corrected chi connectivity index (χ2v) is 4.49. The van der Waals surface area contributed by atoms with Crippen molar-refractivity contribution in [2.24, 2.45) is 0 Å². The summed E-state index contributed by atoms with van der Waals surface area (Å²) in [6, 6.07) is 8.57. The van der Waals surface area contributed by atoms with Gasteiger partial charge in [0.05, 0.1) is 13.2 Å². The van der Waals surface area contributed by atoms with Gasteiger partial charge in [0.15, 0.2) is 5.76 Å². The van der Waals surface area contributed by atoms with Gasteiger partial charge in [0.1, 0.15) is 11.5 Å². The van der Waals surface area contributed by atoms with Crippen LogP contribution in [0.5, 0.6) is 5.75 Å². The van der Waals surface area contributed by atoms with E-state index in [0.29, 0.717) is 23.6 Å². The van der Waals surface area contributed by atoms with Gasteiger partial charge in [-0.1, -0.05) is 6.92 Å². The molecule has 1 heterocycles. The molecule has 0 unspecified atom stereocenters. The zero-order valence-corrected chi connectivity index (χ0v) is 12.2. The maximum atomic E-state index is 12.1. The second kappa shape index (κ2) is 6.95. The Morgan fingerprint density at radius 1 is 1.29 bits per heavy atom. The lowest BCUT2D eigenvalue weighted by Crippen LogP contribution is -2.11. The topological polar surface area (TPSA) is 71.7 Å². The summed E-state index contributed by atoms with van der Waals surface area (Å²) in [6.07, 6.45) is 0.741. The molecule has 0 bridgehead atoms.